The quantitative estimate of drug-likeness (QED) is 0.722. The van der Waals surface area contributed by atoms with Gasteiger partial charge in [-0.2, -0.15) is 0 Å². The first kappa shape index (κ1) is 12.4. The van der Waals surface area contributed by atoms with Gasteiger partial charge in [0.15, 0.2) is 9.84 Å². The van der Waals surface area contributed by atoms with Gasteiger partial charge in [0.05, 0.1) is 0 Å². The molecule has 3 N–H and O–H groups in total. The van der Waals surface area contributed by atoms with Crippen LogP contribution in [0.15, 0.2) is 22.0 Å². The summed E-state index contributed by atoms with van der Waals surface area (Å²) in [4.78, 5) is 23.9. The zero-order chi connectivity index (χ0) is 12.3. The summed E-state index contributed by atoms with van der Waals surface area (Å²) in [7, 11) is -3.46. The van der Waals surface area contributed by atoms with E-state index >= 15 is 0 Å². The highest BCUT2D eigenvalue weighted by molar-refractivity contribution is 7.90. The molecule has 0 spiro atoms. The third-order valence-corrected chi connectivity index (χ3v) is 2.96. The number of hydrogen-bond acceptors (Lipinski definition) is 4. The predicted octanol–water partition coefficient (Wildman–Crippen LogP) is -0.804. The van der Waals surface area contributed by atoms with Gasteiger partial charge in [0.1, 0.15) is 5.03 Å². The monoisotopic (exact) mass is 244 g/mol. The number of pyridine rings is 1. The highest BCUT2D eigenvalue weighted by Crippen LogP contribution is 2.07. The number of hydrogen-bond donors (Lipinski definition) is 2. The molecule has 0 saturated carbocycles. The number of aromatic amines is 1. The number of aryl methyl sites for hydroxylation is 1. The Kier molecular flexibility index (Phi) is 3.48. The maximum Gasteiger partial charge on any atom is 0.249 e. The van der Waals surface area contributed by atoms with Crippen LogP contribution in [0, 0.1) is 0 Å². The molecular weight excluding hydrogens is 232 g/mol. The highest BCUT2D eigenvalue weighted by atomic mass is 32.2. The zero-order valence-corrected chi connectivity index (χ0v) is 9.50. The van der Waals surface area contributed by atoms with E-state index in [0.29, 0.717) is 5.56 Å². The van der Waals surface area contributed by atoms with E-state index in [9.17, 15) is 18.0 Å². The summed E-state index contributed by atoms with van der Waals surface area (Å²) in [6.07, 6.45) is 1.32. The minimum Gasteiger partial charge on any atom is -0.370 e. The Morgan fingerprint density at radius 3 is 2.56 bits per heavy atom. The summed E-state index contributed by atoms with van der Waals surface area (Å²) in [6, 6.07) is 2.58. The van der Waals surface area contributed by atoms with Crippen LogP contribution in [0.25, 0.3) is 0 Å². The number of aromatic nitrogens is 1. The Balaban J connectivity index is 3.09. The van der Waals surface area contributed by atoms with Gasteiger partial charge in [-0.3, -0.25) is 9.59 Å². The smallest absolute Gasteiger partial charge is 0.249 e. The maximum atomic E-state index is 11.2. The number of rotatable bonds is 4. The molecule has 88 valence electrons. The molecule has 0 aliphatic heterocycles. The van der Waals surface area contributed by atoms with Crippen molar-refractivity contribution in [1.82, 2.24) is 4.98 Å². The van der Waals surface area contributed by atoms with Crippen molar-refractivity contribution in [2.24, 2.45) is 5.73 Å². The fraction of sp³-hybridized carbons (Fsp3) is 0.333. The molecule has 1 heterocycles. The Morgan fingerprint density at radius 1 is 1.44 bits per heavy atom. The number of primary amides is 1. The van der Waals surface area contributed by atoms with Crippen molar-refractivity contribution in [2.45, 2.75) is 17.9 Å². The van der Waals surface area contributed by atoms with Crippen LogP contribution in [0.2, 0.25) is 0 Å². The number of nitrogens with two attached hydrogens (primary N) is 1. The van der Waals surface area contributed by atoms with Crippen molar-refractivity contribution in [3.05, 3.63) is 28.0 Å². The van der Waals surface area contributed by atoms with Gasteiger partial charge in [-0.25, -0.2) is 8.42 Å². The first-order valence-corrected chi connectivity index (χ1v) is 6.40. The standard InChI is InChI=1S/C9H12N2O4S/c1-16(14,15)9-5-6(2-3-7(10)12)4-8(13)11-9/h4-5H,2-3H2,1H3,(H2,10,12)(H,11,13). The van der Waals surface area contributed by atoms with Gasteiger partial charge in [-0.05, 0) is 18.1 Å². The fourth-order valence-corrected chi connectivity index (χ4v) is 1.84. The van der Waals surface area contributed by atoms with Crippen LogP contribution < -0.4 is 11.3 Å². The van der Waals surface area contributed by atoms with Crippen LogP contribution in [0.3, 0.4) is 0 Å². The second-order valence-corrected chi connectivity index (χ2v) is 5.44. The third-order valence-electron chi connectivity index (χ3n) is 1.94. The van der Waals surface area contributed by atoms with Crippen molar-refractivity contribution < 1.29 is 13.2 Å². The molecule has 0 aliphatic carbocycles. The number of H-pyrrole nitrogens is 1. The molecule has 7 heteroatoms. The molecule has 16 heavy (non-hydrogen) atoms. The molecule has 0 unspecified atom stereocenters. The second kappa shape index (κ2) is 4.48. The minimum atomic E-state index is -3.46. The van der Waals surface area contributed by atoms with E-state index in [2.05, 4.69) is 4.98 Å². The molecule has 0 bridgehead atoms. The Morgan fingerprint density at radius 2 is 2.06 bits per heavy atom. The number of sulfone groups is 1. The van der Waals surface area contributed by atoms with Crippen LogP contribution in [0.4, 0.5) is 0 Å². The van der Waals surface area contributed by atoms with E-state index in [0.717, 1.165) is 6.26 Å². The lowest BCUT2D eigenvalue weighted by molar-refractivity contribution is -0.117. The molecule has 1 aromatic rings. The zero-order valence-electron chi connectivity index (χ0n) is 8.69. The van der Waals surface area contributed by atoms with Crippen LogP contribution in [0.5, 0.6) is 0 Å². The van der Waals surface area contributed by atoms with Crippen LogP contribution in [0.1, 0.15) is 12.0 Å². The molecule has 6 nitrogen and oxygen atoms in total. The summed E-state index contributed by atoms with van der Waals surface area (Å²) in [5, 5.41) is -0.153. The summed E-state index contributed by atoms with van der Waals surface area (Å²) < 4.78 is 22.4. The first-order chi connectivity index (χ1) is 7.29. The van der Waals surface area contributed by atoms with Crippen molar-refractivity contribution in [1.29, 1.82) is 0 Å². The summed E-state index contributed by atoms with van der Waals surface area (Å²) >= 11 is 0. The molecule has 0 aromatic carbocycles. The normalized spacial score (nSPS) is 11.3. The topological polar surface area (TPSA) is 110 Å². The average Bonchev–Trinajstić information content (AvgIpc) is 2.12. The molecule has 0 saturated heterocycles. The molecule has 0 fully saturated rings. The van der Waals surface area contributed by atoms with E-state index in [1.54, 1.807) is 0 Å². The molecule has 1 rings (SSSR count). The Labute approximate surface area is 92.4 Å². The molecule has 0 atom stereocenters. The van der Waals surface area contributed by atoms with Crippen LogP contribution >= 0.6 is 0 Å². The van der Waals surface area contributed by atoms with Crippen molar-refractivity contribution in [3.63, 3.8) is 0 Å². The molecule has 1 amide bonds. The average molecular weight is 244 g/mol. The van der Waals surface area contributed by atoms with Crippen molar-refractivity contribution in [2.75, 3.05) is 6.26 Å². The first-order valence-electron chi connectivity index (χ1n) is 4.50. The summed E-state index contributed by atoms with van der Waals surface area (Å²) in [5.41, 5.74) is 4.92. The van der Waals surface area contributed by atoms with E-state index in [-0.39, 0.29) is 17.9 Å². The van der Waals surface area contributed by atoms with E-state index in [4.69, 9.17) is 5.73 Å². The third kappa shape index (κ3) is 3.50. The van der Waals surface area contributed by atoms with Crippen LogP contribution in [-0.2, 0) is 21.1 Å². The van der Waals surface area contributed by atoms with Gasteiger partial charge in [-0.15, -0.1) is 0 Å². The Hall–Kier alpha value is -1.63. The van der Waals surface area contributed by atoms with Gasteiger partial charge >= 0.3 is 0 Å². The number of carbonyl (C=O) groups is 1. The second-order valence-electron chi connectivity index (χ2n) is 3.46. The summed E-state index contributed by atoms with van der Waals surface area (Å²) in [6.45, 7) is 0. The van der Waals surface area contributed by atoms with Gasteiger partial charge in [-0.1, -0.05) is 0 Å². The Bertz CT molecular complexity index is 559. The van der Waals surface area contributed by atoms with Gasteiger partial charge in [0, 0.05) is 18.7 Å². The SMILES string of the molecule is CS(=O)(=O)c1cc(CCC(N)=O)cc(=O)[nH]1. The molecular formula is C9H12N2O4S. The fourth-order valence-electron chi connectivity index (χ4n) is 1.18. The van der Waals surface area contributed by atoms with Gasteiger partial charge in [0.25, 0.3) is 0 Å². The van der Waals surface area contributed by atoms with Gasteiger partial charge < -0.3 is 10.7 Å². The van der Waals surface area contributed by atoms with E-state index in [1.807, 2.05) is 0 Å². The predicted molar refractivity (Wildman–Crippen MR) is 57.7 cm³/mol. The largest absolute Gasteiger partial charge is 0.370 e. The van der Waals surface area contributed by atoms with Crippen molar-refractivity contribution >= 4 is 15.7 Å². The lowest BCUT2D eigenvalue weighted by atomic mass is 10.1. The minimum absolute atomic E-state index is 0.0760. The van der Waals surface area contributed by atoms with Gasteiger partial charge in [0.2, 0.25) is 11.5 Å². The lowest BCUT2D eigenvalue weighted by Crippen LogP contribution is -2.15. The molecule has 1 aromatic heterocycles. The maximum absolute atomic E-state index is 11.2. The highest BCUT2D eigenvalue weighted by Gasteiger charge is 2.10. The lowest BCUT2D eigenvalue weighted by Gasteiger charge is -2.02. The van der Waals surface area contributed by atoms with Crippen molar-refractivity contribution in [3.8, 4) is 0 Å². The molecule has 0 radical (unpaired) electrons. The van der Waals surface area contributed by atoms with E-state index < -0.39 is 21.3 Å². The van der Waals surface area contributed by atoms with E-state index in [1.165, 1.54) is 12.1 Å². The number of carbonyl (C=O) groups excluding carboxylic acids is 1. The molecule has 0 aliphatic rings. The number of amides is 1. The van der Waals surface area contributed by atoms with Crippen LogP contribution in [-0.4, -0.2) is 25.6 Å². The summed E-state index contributed by atoms with van der Waals surface area (Å²) in [5.74, 6) is -0.499. The number of nitrogens with one attached hydrogen (secondary N) is 1.